The lowest BCUT2D eigenvalue weighted by Crippen LogP contribution is -2.10. The number of Topliss-reactive ketones (excluding diaryl/α,β-unsaturated/α-hetero) is 1. The maximum Gasteiger partial charge on any atom is 0.347 e. The van der Waals surface area contributed by atoms with Gasteiger partial charge in [0.25, 0.3) is 0 Å². The summed E-state index contributed by atoms with van der Waals surface area (Å²) in [7, 11) is 0. The molecule has 0 unspecified atom stereocenters. The second kappa shape index (κ2) is 5.62. The third-order valence-corrected chi connectivity index (χ3v) is 4.01. The summed E-state index contributed by atoms with van der Waals surface area (Å²) in [5.41, 5.74) is 1.03. The zero-order valence-electron chi connectivity index (χ0n) is 12.4. The molecule has 5 nitrogen and oxygen atoms in total. The average Bonchev–Trinajstić information content (AvgIpc) is 2.99. The number of para-hydroxylation sites is 1. The lowest BCUT2D eigenvalue weighted by atomic mass is 10.1. The number of halogens is 1. The first-order valence-corrected chi connectivity index (χ1v) is 7.67. The number of rotatable bonds is 3. The van der Waals surface area contributed by atoms with Gasteiger partial charge < -0.3 is 4.42 Å². The highest BCUT2D eigenvalue weighted by molar-refractivity contribution is 6.31. The molecular weight excluding hydrogens is 328 g/mol. The van der Waals surface area contributed by atoms with Crippen molar-refractivity contribution in [3.63, 3.8) is 0 Å². The molecule has 0 aliphatic carbocycles. The number of nitrogens with zero attached hydrogens (tertiary/aromatic N) is 2. The van der Waals surface area contributed by atoms with Crippen LogP contribution in [0.15, 0.2) is 63.9 Å². The summed E-state index contributed by atoms with van der Waals surface area (Å²) in [4.78, 5) is 24.5. The molecule has 0 radical (unpaired) electrons. The van der Waals surface area contributed by atoms with Gasteiger partial charge in [-0.3, -0.25) is 9.48 Å². The first-order chi connectivity index (χ1) is 11.6. The maximum atomic E-state index is 12.4. The quantitative estimate of drug-likeness (QED) is 0.422. The van der Waals surface area contributed by atoms with E-state index in [9.17, 15) is 9.59 Å². The number of hydrogen-bond acceptors (Lipinski definition) is 4. The molecule has 0 amide bonds. The number of hydrogen-bond donors (Lipinski definition) is 0. The van der Waals surface area contributed by atoms with Crippen LogP contribution in [0, 0.1) is 0 Å². The molecule has 0 aliphatic heterocycles. The van der Waals surface area contributed by atoms with E-state index in [1.165, 1.54) is 10.9 Å². The third kappa shape index (κ3) is 2.49. The molecule has 2 aromatic carbocycles. The Labute approximate surface area is 141 Å². The topological polar surface area (TPSA) is 65.1 Å². The normalized spacial score (nSPS) is 11.2. The van der Waals surface area contributed by atoms with Crippen molar-refractivity contribution >= 4 is 39.3 Å². The van der Waals surface area contributed by atoms with E-state index in [0.717, 1.165) is 5.39 Å². The Kier molecular flexibility index (Phi) is 3.43. The van der Waals surface area contributed by atoms with Crippen molar-refractivity contribution in [3.05, 3.63) is 75.7 Å². The highest BCUT2D eigenvalue weighted by Crippen LogP contribution is 2.21. The van der Waals surface area contributed by atoms with Gasteiger partial charge in [-0.2, -0.15) is 5.10 Å². The molecule has 6 heteroatoms. The van der Waals surface area contributed by atoms with Gasteiger partial charge in [0.15, 0.2) is 5.78 Å². The van der Waals surface area contributed by atoms with Crippen molar-refractivity contribution in [2.75, 3.05) is 0 Å². The average molecular weight is 339 g/mol. The Balaban J connectivity index is 1.78. The lowest BCUT2D eigenvalue weighted by molar-refractivity contribution is 0.0968. The molecule has 24 heavy (non-hydrogen) atoms. The van der Waals surface area contributed by atoms with Gasteiger partial charge in [0, 0.05) is 22.2 Å². The fourth-order valence-electron chi connectivity index (χ4n) is 2.66. The Bertz CT molecular complexity index is 1140. The van der Waals surface area contributed by atoms with Crippen LogP contribution in [0.3, 0.4) is 0 Å². The molecule has 118 valence electrons. The maximum absolute atomic E-state index is 12.4. The zero-order valence-corrected chi connectivity index (χ0v) is 13.2. The molecule has 2 heterocycles. The van der Waals surface area contributed by atoms with Crippen LogP contribution >= 0.6 is 11.6 Å². The molecule has 0 saturated carbocycles. The van der Waals surface area contributed by atoms with Crippen molar-refractivity contribution in [2.24, 2.45) is 0 Å². The summed E-state index contributed by atoms with van der Waals surface area (Å²) >= 11 is 5.91. The molecule has 0 N–H and O–H groups in total. The highest BCUT2D eigenvalue weighted by atomic mass is 35.5. The van der Waals surface area contributed by atoms with Crippen LogP contribution in [0.4, 0.5) is 0 Å². The summed E-state index contributed by atoms with van der Waals surface area (Å²) in [5.74, 6) is -0.140. The molecule has 0 aliphatic rings. The number of ketones is 1. The monoisotopic (exact) mass is 338 g/mol. The third-order valence-electron chi connectivity index (χ3n) is 3.78. The van der Waals surface area contributed by atoms with Crippen LogP contribution in [-0.4, -0.2) is 15.6 Å². The van der Waals surface area contributed by atoms with Gasteiger partial charge in [-0.05, 0) is 24.3 Å². The van der Waals surface area contributed by atoms with E-state index in [2.05, 4.69) is 5.10 Å². The molecular formula is C18H11ClN2O3. The highest BCUT2D eigenvalue weighted by Gasteiger charge is 2.14. The van der Waals surface area contributed by atoms with Gasteiger partial charge in [-0.15, -0.1) is 0 Å². The molecule has 0 fully saturated rings. The van der Waals surface area contributed by atoms with Crippen LogP contribution in [0.2, 0.25) is 5.02 Å². The number of fused-ring (bicyclic) bond motifs is 3. The summed E-state index contributed by atoms with van der Waals surface area (Å²) in [6.45, 7) is 0.0167. The van der Waals surface area contributed by atoms with E-state index in [1.807, 2.05) is 12.1 Å². The molecule has 0 bridgehead atoms. The van der Waals surface area contributed by atoms with Crippen molar-refractivity contribution in [2.45, 2.75) is 6.54 Å². The zero-order chi connectivity index (χ0) is 16.7. The fourth-order valence-corrected chi connectivity index (χ4v) is 2.85. The summed E-state index contributed by atoms with van der Waals surface area (Å²) in [6.07, 6.45) is 1.54. The number of carbonyl (C=O) groups excluding carboxylic acids is 1. The molecule has 4 rings (SSSR count). The summed E-state index contributed by atoms with van der Waals surface area (Å²) in [6, 6.07) is 13.9. The smallest absolute Gasteiger partial charge is 0.347 e. The fraction of sp³-hybridized carbons (Fsp3) is 0.0556. The van der Waals surface area contributed by atoms with E-state index in [0.29, 0.717) is 27.1 Å². The number of aromatic nitrogens is 2. The van der Waals surface area contributed by atoms with Gasteiger partial charge in [0.05, 0.1) is 0 Å². The molecule has 0 saturated heterocycles. The molecule has 0 atom stereocenters. The summed E-state index contributed by atoms with van der Waals surface area (Å²) in [5, 5.41) is 5.98. The first-order valence-electron chi connectivity index (χ1n) is 7.29. The minimum Gasteiger partial charge on any atom is -0.422 e. The number of carbonyl (C=O) groups is 1. The van der Waals surface area contributed by atoms with Crippen molar-refractivity contribution < 1.29 is 9.21 Å². The lowest BCUT2D eigenvalue weighted by Gasteiger charge is -2.01. The molecule has 2 aromatic heterocycles. The second-order valence-electron chi connectivity index (χ2n) is 5.41. The van der Waals surface area contributed by atoms with Gasteiger partial charge in [0.1, 0.15) is 23.0 Å². The van der Waals surface area contributed by atoms with Gasteiger partial charge in [-0.25, -0.2) is 4.79 Å². The van der Waals surface area contributed by atoms with Crippen molar-refractivity contribution in [1.29, 1.82) is 0 Å². The van der Waals surface area contributed by atoms with Crippen molar-refractivity contribution in [3.8, 4) is 0 Å². The Morgan fingerprint density at radius 2 is 1.96 bits per heavy atom. The largest absolute Gasteiger partial charge is 0.422 e. The summed E-state index contributed by atoms with van der Waals surface area (Å²) < 4.78 is 6.74. The van der Waals surface area contributed by atoms with E-state index in [1.54, 1.807) is 36.4 Å². The van der Waals surface area contributed by atoms with Crippen molar-refractivity contribution in [1.82, 2.24) is 9.78 Å². The minimum absolute atomic E-state index is 0.0167. The predicted molar refractivity (Wildman–Crippen MR) is 91.6 cm³/mol. The Morgan fingerprint density at radius 3 is 2.79 bits per heavy atom. The van der Waals surface area contributed by atoms with E-state index in [4.69, 9.17) is 16.0 Å². The van der Waals surface area contributed by atoms with E-state index < -0.39 is 5.63 Å². The van der Waals surface area contributed by atoms with Crippen LogP contribution in [-0.2, 0) is 6.54 Å². The first kappa shape index (κ1) is 14.7. The van der Waals surface area contributed by atoms with Crippen LogP contribution < -0.4 is 5.63 Å². The minimum atomic E-state index is -0.467. The Hall–Kier alpha value is -2.92. The van der Waals surface area contributed by atoms with Crippen LogP contribution in [0.1, 0.15) is 10.4 Å². The van der Waals surface area contributed by atoms with Crippen LogP contribution in [0.5, 0.6) is 0 Å². The van der Waals surface area contributed by atoms with E-state index in [-0.39, 0.29) is 12.3 Å². The van der Waals surface area contributed by atoms with E-state index >= 15 is 0 Å². The van der Waals surface area contributed by atoms with Gasteiger partial charge >= 0.3 is 5.63 Å². The predicted octanol–water partition coefficient (Wildman–Crippen LogP) is 3.68. The second-order valence-corrected chi connectivity index (χ2v) is 5.84. The van der Waals surface area contributed by atoms with Gasteiger partial charge in [-0.1, -0.05) is 35.9 Å². The molecule has 0 spiro atoms. The molecule has 4 aromatic rings. The standard InChI is InChI=1S/C18H11ClN2O3/c19-12-5-3-4-11(8-12)15(22)10-21-9-14-17(20-21)13-6-1-2-7-16(13)24-18(14)23/h1-9H,10H2. The van der Waals surface area contributed by atoms with Crippen LogP contribution in [0.25, 0.3) is 21.9 Å². The number of benzene rings is 2. The van der Waals surface area contributed by atoms with Gasteiger partial charge in [0.2, 0.25) is 0 Å². The Morgan fingerprint density at radius 1 is 1.12 bits per heavy atom. The SMILES string of the molecule is O=C(Cn1cc2c(=O)oc3ccccc3c2n1)c1cccc(Cl)c1.